The Morgan fingerprint density at radius 1 is 0.893 bits per heavy atom. The van der Waals surface area contributed by atoms with Crippen molar-refractivity contribution in [1.82, 2.24) is 4.98 Å². The third-order valence-corrected chi connectivity index (χ3v) is 4.29. The third kappa shape index (κ3) is 4.15. The summed E-state index contributed by atoms with van der Waals surface area (Å²) >= 11 is 0. The first-order valence-corrected chi connectivity index (χ1v) is 8.93. The molecule has 0 saturated carbocycles. The van der Waals surface area contributed by atoms with Gasteiger partial charge in [-0.2, -0.15) is 15.5 Å². The SMILES string of the molecule is CN=Nc1c(Nc2cccc(C)c2)nc(Nc2cccc(C)c2)c(C#N)c1C. The minimum atomic E-state index is 0.443. The molecular weight excluding hydrogens is 348 g/mol. The van der Waals surface area contributed by atoms with Crippen LogP contribution in [0.1, 0.15) is 22.3 Å². The molecule has 6 nitrogen and oxygen atoms in total. The summed E-state index contributed by atoms with van der Waals surface area (Å²) in [5.74, 6) is 1.03. The summed E-state index contributed by atoms with van der Waals surface area (Å²) in [4.78, 5) is 4.67. The van der Waals surface area contributed by atoms with Crippen molar-refractivity contribution in [2.45, 2.75) is 20.8 Å². The fourth-order valence-electron chi connectivity index (χ4n) is 2.95. The predicted molar refractivity (Wildman–Crippen MR) is 113 cm³/mol. The minimum Gasteiger partial charge on any atom is -0.339 e. The van der Waals surface area contributed by atoms with Crippen LogP contribution in [0.3, 0.4) is 0 Å². The first kappa shape index (κ1) is 19.1. The molecule has 0 atom stereocenters. The van der Waals surface area contributed by atoms with Crippen molar-refractivity contribution < 1.29 is 0 Å². The number of rotatable bonds is 5. The maximum atomic E-state index is 9.72. The van der Waals surface area contributed by atoms with Gasteiger partial charge in [0.2, 0.25) is 0 Å². The number of hydrogen-bond acceptors (Lipinski definition) is 6. The highest BCUT2D eigenvalue weighted by molar-refractivity contribution is 5.79. The number of nitrogens with one attached hydrogen (secondary N) is 2. The average molecular weight is 370 g/mol. The van der Waals surface area contributed by atoms with Crippen LogP contribution in [0.2, 0.25) is 0 Å². The number of nitrogens with zero attached hydrogens (tertiary/aromatic N) is 4. The highest BCUT2D eigenvalue weighted by Crippen LogP contribution is 2.36. The Morgan fingerprint density at radius 3 is 1.96 bits per heavy atom. The van der Waals surface area contributed by atoms with Crippen LogP contribution >= 0.6 is 0 Å². The van der Waals surface area contributed by atoms with Crippen molar-refractivity contribution in [3.05, 3.63) is 70.8 Å². The maximum absolute atomic E-state index is 9.72. The molecule has 0 aliphatic heterocycles. The molecule has 28 heavy (non-hydrogen) atoms. The van der Waals surface area contributed by atoms with E-state index >= 15 is 0 Å². The smallest absolute Gasteiger partial charge is 0.161 e. The van der Waals surface area contributed by atoms with Crippen LogP contribution in [0.25, 0.3) is 0 Å². The summed E-state index contributed by atoms with van der Waals surface area (Å²) in [7, 11) is 1.60. The highest BCUT2D eigenvalue weighted by atomic mass is 15.1. The van der Waals surface area contributed by atoms with Crippen LogP contribution in [-0.4, -0.2) is 12.0 Å². The van der Waals surface area contributed by atoms with E-state index in [9.17, 15) is 5.26 Å². The molecule has 0 radical (unpaired) electrons. The van der Waals surface area contributed by atoms with Crippen molar-refractivity contribution >= 4 is 28.7 Å². The van der Waals surface area contributed by atoms with E-state index in [4.69, 9.17) is 0 Å². The Bertz CT molecular complexity index is 1080. The summed E-state index contributed by atoms with van der Waals surface area (Å²) in [5.41, 5.74) is 5.73. The van der Waals surface area contributed by atoms with E-state index in [0.717, 1.165) is 22.5 Å². The van der Waals surface area contributed by atoms with E-state index in [2.05, 4.69) is 31.9 Å². The summed E-state index contributed by atoms with van der Waals surface area (Å²) < 4.78 is 0. The van der Waals surface area contributed by atoms with Gasteiger partial charge in [0, 0.05) is 24.0 Å². The molecule has 3 aromatic rings. The standard InChI is InChI=1S/C22H22N6/c1-14-7-5-9-17(11-14)25-21-19(13-23)16(3)20(28-24-4)22(27-21)26-18-10-6-8-15(2)12-18/h5-12H,1-4H3,(H2,25,26,27). The number of anilines is 4. The number of azo groups is 1. The average Bonchev–Trinajstić information content (AvgIpc) is 2.65. The van der Waals surface area contributed by atoms with Crippen molar-refractivity contribution in [2.75, 3.05) is 17.7 Å². The lowest BCUT2D eigenvalue weighted by atomic mass is 10.1. The molecule has 0 unspecified atom stereocenters. The zero-order valence-corrected chi connectivity index (χ0v) is 16.4. The topological polar surface area (TPSA) is 85.5 Å². The number of aromatic nitrogens is 1. The van der Waals surface area contributed by atoms with Crippen molar-refractivity contribution in [2.24, 2.45) is 10.2 Å². The van der Waals surface area contributed by atoms with E-state index in [1.807, 2.05) is 69.3 Å². The van der Waals surface area contributed by atoms with Crippen LogP contribution in [0, 0.1) is 32.1 Å². The Kier molecular flexibility index (Phi) is 5.66. The van der Waals surface area contributed by atoms with Gasteiger partial charge in [-0.3, -0.25) is 0 Å². The number of aryl methyl sites for hydroxylation is 2. The fraction of sp³-hybridized carbons (Fsp3) is 0.182. The van der Waals surface area contributed by atoms with Gasteiger partial charge in [0.15, 0.2) is 11.6 Å². The predicted octanol–water partition coefficient (Wildman–Crippen LogP) is 6.08. The molecule has 2 N–H and O–H groups in total. The molecule has 6 heteroatoms. The van der Waals surface area contributed by atoms with Crippen LogP contribution in [0.4, 0.5) is 28.7 Å². The number of pyridine rings is 1. The van der Waals surface area contributed by atoms with Crippen LogP contribution in [-0.2, 0) is 0 Å². The molecule has 1 aromatic heterocycles. The first-order chi connectivity index (χ1) is 13.5. The summed E-state index contributed by atoms with van der Waals surface area (Å²) in [6, 6.07) is 18.2. The van der Waals surface area contributed by atoms with Gasteiger partial charge in [-0.25, -0.2) is 4.98 Å². The van der Waals surface area contributed by atoms with Gasteiger partial charge in [-0.1, -0.05) is 24.3 Å². The zero-order chi connectivity index (χ0) is 20.1. The van der Waals surface area contributed by atoms with E-state index in [1.165, 1.54) is 0 Å². The molecule has 0 bridgehead atoms. The second-order valence-electron chi connectivity index (χ2n) is 6.56. The van der Waals surface area contributed by atoms with Crippen LogP contribution < -0.4 is 10.6 Å². The molecule has 0 spiro atoms. The monoisotopic (exact) mass is 370 g/mol. The molecule has 1 heterocycles. The van der Waals surface area contributed by atoms with E-state index in [0.29, 0.717) is 28.5 Å². The molecule has 0 amide bonds. The minimum absolute atomic E-state index is 0.443. The molecule has 3 rings (SSSR count). The van der Waals surface area contributed by atoms with E-state index < -0.39 is 0 Å². The quantitative estimate of drug-likeness (QED) is 0.533. The number of benzene rings is 2. The Balaban J connectivity index is 2.11. The third-order valence-electron chi connectivity index (χ3n) is 4.29. The van der Waals surface area contributed by atoms with Crippen LogP contribution in [0.5, 0.6) is 0 Å². The normalized spacial score (nSPS) is 10.7. The number of nitriles is 1. The lowest BCUT2D eigenvalue weighted by Crippen LogP contribution is -2.04. The zero-order valence-electron chi connectivity index (χ0n) is 16.4. The van der Waals surface area contributed by atoms with Crippen molar-refractivity contribution in [3.8, 4) is 6.07 Å². The maximum Gasteiger partial charge on any atom is 0.161 e. The molecule has 2 aromatic carbocycles. The Labute approximate surface area is 165 Å². The van der Waals surface area contributed by atoms with Gasteiger partial charge in [0.25, 0.3) is 0 Å². The van der Waals surface area contributed by atoms with E-state index in [-0.39, 0.29) is 0 Å². The molecular formula is C22H22N6. The first-order valence-electron chi connectivity index (χ1n) is 8.93. The second kappa shape index (κ2) is 8.31. The van der Waals surface area contributed by atoms with Gasteiger partial charge in [0.1, 0.15) is 11.8 Å². The van der Waals surface area contributed by atoms with Gasteiger partial charge in [-0.15, -0.1) is 0 Å². The lowest BCUT2D eigenvalue weighted by molar-refractivity contribution is 1.12. The second-order valence-corrected chi connectivity index (χ2v) is 6.56. The molecule has 140 valence electrons. The summed E-state index contributed by atoms with van der Waals surface area (Å²) in [5, 5.41) is 24.4. The summed E-state index contributed by atoms with van der Waals surface area (Å²) in [6.45, 7) is 5.90. The van der Waals surface area contributed by atoms with Gasteiger partial charge in [0.05, 0.1) is 5.56 Å². The molecule has 0 aliphatic rings. The molecule has 0 aliphatic carbocycles. The van der Waals surface area contributed by atoms with Crippen molar-refractivity contribution in [3.63, 3.8) is 0 Å². The van der Waals surface area contributed by atoms with Gasteiger partial charge in [-0.05, 0) is 56.2 Å². The van der Waals surface area contributed by atoms with Crippen LogP contribution in [0.15, 0.2) is 58.8 Å². The lowest BCUT2D eigenvalue weighted by Gasteiger charge is -2.16. The summed E-state index contributed by atoms with van der Waals surface area (Å²) in [6.07, 6.45) is 0. The van der Waals surface area contributed by atoms with Gasteiger partial charge >= 0.3 is 0 Å². The molecule has 0 saturated heterocycles. The van der Waals surface area contributed by atoms with E-state index in [1.54, 1.807) is 7.05 Å². The molecule has 0 fully saturated rings. The largest absolute Gasteiger partial charge is 0.339 e. The van der Waals surface area contributed by atoms with Gasteiger partial charge < -0.3 is 10.6 Å². The fourth-order valence-corrected chi connectivity index (χ4v) is 2.95. The number of hydrogen-bond donors (Lipinski definition) is 2. The highest BCUT2D eigenvalue weighted by Gasteiger charge is 2.18. The Morgan fingerprint density at radius 2 is 1.46 bits per heavy atom. The van der Waals surface area contributed by atoms with Crippen molar-refractivity contribution in [1.29, 1.82) is 5.26 Å². The Hall–Kier alpha value is -3.72.